The van der Waals surface area contributed by atoms with Crippen molar-refractivity contribution in [2.45, 2.75) is 13.3 Å². The Morgan fingerprint density at radius 3 is 2.83 bits per heavy atom. The molecule has 5 nitrogen and oxygen atoms in total. The molecule has 0 aliphatic rings. The first kappa shape index (κ1) is 14.2. The van der Waals surface area contributed by atoms with Gasteiger partial charge in [0.1, 0.15) is 11.8 Å². The van der Waals surface area contributed by atoms with Gasteiger partial charge in [-0.2, -0.15) is 5.26 Å². The molecule has 0 aliphatic heterocycles. The Kier molecular flexibility index (Phi) is 3.36. The number of hydrogen-bond donors (Lipinski definition) is 0. The second-order valence-electron chi connectivity index (χ2n) is 5.40. The number of fused-ring (bicyclic) bond motifs is 3. The highest BCUT2D eigenvalue weighted by Gasteiger charge is 2.17. The van der Waals surface area contributed by atoms with Crippen molar-refractivity contribution in [1.82, 2.24) is 14.4 Å². The molecule has 0 N–H and O–H groups in total. The number of pyridine rings is 2. The summed E-state index contributed by atoms with van der Waals surface area (Å²) in [5, 5.41) is 9.60. The highest BCUT2D eigenvalue weighted by molar-refractivity contribution is 5.83. The molecule has 4 rings (SSSR count). The van der Waals surface area contributed by atoms with Crippen LogP contribution in [-0.4, -0.2) is 14.4 Å². The van der Waals surface area contributed by atoms with Crippen LogP contribution >= 0.6 is 0 Å². The zero-order valence-electron chi connectivity index (χ0n) is 13.1. The van der Waals surface area contributed by atoms with E-state index in [0.29, 0.717) is 22.8 Å². The van der Waals surface area contributed by atoms with Crippen molar-refractivity contribution in [3.8, 4) is 17.7 Å². The highest BCUT2D eigenvalue weighted by atomic mass is 16.5. The zero-order valence-corrected chi connectivity index (χ0v) is 13.1. The van der Waals surface area contributed by atoms with Gasteiger partial charge >= 0.3 is 0 Å². The minimum atomic E-state index is 0.590. The van der Waals surface area contributed by atoms with Gasteiger partial charge < -0.3 is 4.74 Å². The van der Waals surface area contributed by atoms with Crippen LogP contribution in [0.1, 0.15) is 18.1 Å². The van der Waals surface area contributed by atoms with E-state index in [2.05, 4.69) is 16.0 Å². The normalized spacial score (nSPS) is 10.8. The third-order valence-electron chi connectivity index (χ3n) is 3.97. The first-order valence-electron chi connectivity index (χ1n) is 7.73. The summed E-state index contributed by atoms with van der Waals surface area (Å²) >= 11 is 0. The summed E-state index contributed by atoms with van der Waals surface area (Å²) in [6.07, 6.45) is 4.09. The number of ether oxygens (including phenoxy) is 1. The molecule has 0 radical (unpaired) electrons. The zero-order chi connectivity index (χ0) is 16.5. The molecule has 0 amide bonds. The van der Waals surface area contributed by atoms with Crippen LogP contribution < -0.4 is 4.74 Å². The molecule has 3 aromatic heterocycles. The molecule has 5 heteroatoms. The van der Waals surface area contributed by atoms with Crippen LogP contribution in [0, 0.1) is 11.3 Å². The number of aryl methyl sites for hydroxylation is 1. The van der Waals surface area contributed by atoms with Crippen LogP contribution in [0.4, 0.5) is 0 Å². The summed E-state index contributed by atoms with van der Waals surface area (Å²) in [7, 11) is 0. The van der Waals surface area contributed by atoms with Gasteiger partial charge in [-0.25, -0.2) is 4.98 Å². The number of para-hydroxylation sites is 2. The van der Waals surface area contributed by atoms with Crippen molar-refractivity contribution >= 4 is 16.7 Å². The van der Waals surface area contributed by atoms with E-state index in [0.717, 1.165) is 23.0 Å². The predicted molar refractivity (Wildman–Crippen MR) is 91.1 cm³/mol. The first-order valence-corrected chi connectivity index (χ1v) is 7.73. The summed E-state index contributed by atoms with van der Waals surface area (Å²) in [6.45, 7) is 2.02. The second kappa shape index (κ2) is 5.67. The quantitative estimate of drug-likeness (QED) is 0.571. The Morgan fingerprint density at radius 1 is 1.21 bits per heavy atom. The maximum atomic E-state index is 9.60. The number of hydrogen-bond acceptors (Lipinski definition) is 4. The highest BCUT2D eigenvalue weighted by Crippen LogP contribution is 2.30. The summed E-state index contributed by atoms with van der Waals surface area (Å²) in [6, 6.07) is 15.7. The van der Waals surface area contributed by atoms with Gasteiger partial charge in [0, 0.05) is 12.3 Å². The lowest BCUT2D eigenvalue weighted by Gasteiger charge is -2.12. The van der Waals surface area contributed by atoms with E-state index in [4.69, 9.17) is 4.74 Å². The van der Waals surface area contributed by atoms with Crippen molar-refractivity contribution in [2.24, 2.45) is 0 Å². The molecule has 0 spiro atoms. The van der Waals surface area contributed by atoms with Crippen LogP contribution in [0.5, 0.6) is 11.6 Å². The Labute approximate surface area is 138 Å². The van der Waals surface area contributed by atoms with Crippen LogP contribution in [-0.2, 0) is 6.42 Å². The van der Waals surface area contributed by atoms with Crippen molar-refractivity contribution in [3.05, 3.63) is 66.0 Å². The fourth-order valence-corrected chi connectivity index (χ4v) is 2.85. The van der Waals surface area contributed by atoms with Gasteiger partial charge in [0.2, 0.25) is 5.88 Å². The molecule has 0 saturated heterocycles. The van der Waals surface area contributed by atoms with Gasteiger partial charge in [-0.1, -0.05) is 19.1 Å². The average molecular weight is 314 g/mol. The van der Waals surface area contributed by atoms with Gasteiger partial charge in [0.15, 0.2) is 5.65 Å². The van der Waals surface area contributed by atoms with E-state index < -0.39 is 0 Å². The third-order valence-corrected chi connectivity index (χ3v) is 3.97. The molecule has 24 heavy (non-hydrogen) atoms. The van der Waals surface area contributed by atoms with E-state index in [1.165, 1.54) is 0 Å². The van der Waals surface area contributed by atoms with E-state index in [9.17, 15) is 5.26 Å². The molecule has 116 valence electrons. The number of nitrogens with zero attached hydrogens (tertiary/aromatic N) is 4. The van der Waals surface area contributed by atoms with Gasteiger partial charge in [-0.05, 0) is 36.2 Å². The standard InChI is InChI=1S/C19H14N4O/c1-2-13-10-18(24-14-6-5-9-21-12-14)23-17-8-4-3-7-16(17)22-19(23)15(13)11-20/h3-10,12H,2H2,1H3. The largest absolute Gasteiger partial charge is 0.439 e. The lowest BCUT2D eigenvalue weighted by molar-refractivity contribution is 0.455. The van der Waals surface area contributed by atoms with Crippen molar-refractivity contribution in [3.63, 3.8) is 0 Å². The number of benzene rings is 1. The lowest BCUT2D eigenvalue weighted by atomic mass is 10.1. The maximum absolute atomic E-state index is 9.60. The molecule has 1 aromatic carbocycles. The monoisotopic (exact) mass is 314 g/mol. The topological polar surface area (TPSA) is 63.2 Å². The lowest BCUT2D eigenvalue weighted by Crippen LogP contribution is -2.00. The smallest absolute Gasteiger partial charge is 0.206 e. The Bertz CT molecular complexity index is 1080. The number of nitriles is 1. The molecule has 0 fully saturated rings. The molecule has 3 heterocycles. The van der Waals surface area contributed by atoms with Crippen LogP contribution in [0.3, 0.4) is 0 Å². The molecular formula is C19H14N4O. The third kappa shape index (κ3) is 2.17. The van der Waals surface area contributed by atoms with Crippen molar-refractivity contribution in [1.29, 1.82) is 5.26 Å². The second-order valence-corrected chi connectivity index (χ2v) is 5.40. The molecule has 0 unspecified atom stereocenters. The predicted octanol–water partition coefficient (Wildman–Crippen LogP) is 4.11. The molecule has 0 aliphatic carbocycles. The number of imidazole rings is 1. The molecular weight excluding hydrogens is 300 g/mol. The van der Waals surface area contributed by atoms with E-state index in [1.54, 1.807) is 12.4 Å². The van der Waals surface area contributed by atoms with Crippen molar-refractivity contribution < 1.29 is 4.74 Å². The van der Waals surface area contributed by atoms with E-state index >= 15 is 0 Å². The first-order chi connectivity index (χ1) is 11.8. The molecule has 4 aromatic rings. The Morgan fingerprint density at radius 2 is 2.08 bits per heavy atom. The Hall–Kier alpha value is -3.39. The summed E-state index contributed by atoms with van der Waals surface area (Å²) in [4.78, 5) is 8.73. The number of aromatic nitrogens is 3. The minimum Gasteiger partial charge on any atom is -0.439 e. The fraction of sp³-hybridized carbons (Fsp3) is 0.105. The van der Waals surface area contributed by atoms with Crippen LogP contribution in [0.15, 0.2) is 54.9 Å². The molecule has 0 bridgehead atoms. The molecule has 0 saturated carbocycles. The van der Waals surface area contributed by atoms with E-state index in [-0.39, 0.29) is 0 Å². The summed E-state index contributed by atoms with van der Waals surface area (Å²) in [5.41, 5.74) is 3.87. The maximum Gasteiger partial charge on any atom is 0.206 e. The number of rotatable bonds is 3. The van der Waals surface area contributed by atoms with Crippen molar-refractivity contribution in [2.75, 3.05) is 0 Å². The fourth-order valence-electron chi connectivity index (χ4n) is 2.85. The summed E-state index contributed by atoms with van der Waals surface area (Å²) in [5.74, 6) is 1.27. The van der Waals surface area contributed by atoms with Gasteiger partial charge in [0.25, 0.3) is 0 Å². The summed E-state index contributed by atoms with van der Waals surface area (Å²) < 4.78 is 7.94. The van der Waals surface area contributed by atoms with Gasteiger partial charge in [0.05, 0.1) is 22.8 Å². The Balaban J connectivity index is 2.06. The van der Waals surface area contributed by atoms with Gasteiger partial charge in [-0.3, -0.25) is 9.38 Å². The average Bonchev–Trinajstić information content (AvgIpc) is 3.02. The minimum absolute atomic E-state index is 0.590. The van der Waals surface area contributed by atoms with Crippen LogP contribution in [0.25, 0.3) is 16.7 Å². The SMILES string of the molecule is CCc1cc(Oc2cccnc2)n2c(nc3ccccc32)c1C#N. The van der Waals surface area contributed by atoms with E-state index in [1.807, 2.05) is 53.8 Å². The van der Waals surface area contributed by atoms with Crippen LogP contribution in [0.2, 0.25) is 0 Å². The van der Waals surface area contributed by atoms with Gasteiger partial charge in [-0.15, -0.1) is 0 Å². The molecule has 0 atom stereocenters.